The van der Waals surface area contributed by atoms with Crippen molar-refractivity contribution in [2.24, 2.45) is 22.4 Å². The van der Waals surface area contributed by atoms with Gasteiger partial charge in [0, 0.05) is 19.0 Å². The van der Waals surface area contributed by atoms with Crippen LogP contribution in [0.2, 0.25) is 0 Å². The molecular weight excluding hydrogens is 464 g/mol. The van der Waals surface area contributed by atoms with E-state index in [9.17, 15) is 9.59 Å². The van der Waals surface area contributed by atoms with Crippen LogP contribution in [0.1, 0.15) is 149 Å². The predicted octanol–water partition coefficient (Wildman–Crippen LogP) is 6.77. The largest absolute Gasteiger partial charge is 0.466 e. The van der Waals surface area contributed by atoms with Crippen LogP contribution in [0, 0.1) is 5.92 Å². The van der Waals surface area contributed by atoms with Crippen molar-refractivity contribution in [2.45, 2.75) is 149 Å². The zero-order valence-corrected chi connectivity index (χ0v) is 24.4. The summed E-state index contributed by atoms with van der Waals surface area (Å²) in [4.78, 5) is 29.0. The summed E-state index contributed by atoms with van der Waals surface area (Å²) in [6.45, 7) is 5.97. The van der Waals surface area contributed by atoms with Gasteiger partial charge in [-0.25, -0.2) is 0 Å². The lowest BCUT2D eigenvalue weighted by Crippen LogP contribution is -2.33. The summed E-state index contributed by atoms with van der Waals surface area (Å²) < 4.78 is 5.45. The molecule has 0 fully saturated rings. The third kappa shape index (κ3) is 25.6. The Morgan fingerprint density at radius 2 is 1.19 bits per heavy atom. The Balaban J connectivity index is 3.94. The van der Waals surface area contributed by atoms with Crippen LogP contribution in [0.5, 0.6) is 0 Å². The Labute approximate surface area is 228 Å². The molecule has 0 saturated carbocycles. The molecule has 0 heterocycles. The summed E-state index contributed by atoms with van der Waals surface area (Å²) in [5.41, 5.74) is 10.8. The number of esters is 1. The molecule has 0 unspecified atom stereocenters. The number of carbonyl (C=O) groups excluding carboxylic acids is 2. The van der Waals surface area contributed by atoms with Crippen molar-refractivity contribution in [1.82, 2.24) is 5.32 Å². The third-order valence-electron chi connectivity index (χ3n) is 6.88. The number of aliphatic imine (C=N–C) groups is 1. The molecule has 0 aromatic heterocycles. The lowest BCUT2D eigenvalue weighted by atomic mass is 9.98. The highest BCUT2D eigenvalue weighted by molar-refractivity contribution is 5.83. The number of hydrogen-bond acceptors (Lipinski definition) is 4. The summed E-state index contributed by atoms with van der Waals surface area (Å²) in [7, 11) is 0. The molecule has 0 radical (unpaired) electrons. The molecule has 0 aliphatic carbocycles. The number of nitrogens with two attached hydrogens (primary N) is 2. The lowest BCUT2D eigenvalue weighted by Gasteiger charge is -2.16. The van der Waals surface area contributed by atoms with E-state index in [2.05, 4.69) is 24.2 Å². The van der Waals surface area contributed by atoms with Gasteiger partial charge in [-0.3, -0.25) is 14.6 Å². The molecule has 1 atom stereocenters. The topological polar surface area (TPSA) is 120 Å². The normalized spacial score (nSPS) is 11.7. The Hall–Kier alpha value is -1.79. The maximum Gasteiger partial charge on any atom is 0.306 e. The van der Waals surface area contributed by atoms with Crippen LogP contribution in [-0.2, 0) is 14.3 Å². The Morgan fingerprint density at radius 3 is 1.70 bits per heavy atom. The van der Waals surface area contributed by atoms with Gasteiger partial charge < -0.3 is 21.5 Å². The molecule has 0 spiro atoms. The zero-order valence-electron chi connectivity index (χ0n) is 24.4. The van der Waals surface area contributed by atoms with E-state index in [0.717, 1.165) is 32.1 Å². The number of nitrogens with one attached hydrogen (secondary N) is 1. The van der Waals surface area contributed by atoms with Crippen molar-refractivity contribution in [3.8, 4) is 0 Å². The van der Waals surface area contributed by atoms with E-state index in [-0.39, 0.29) is 24.3 Å². The van der Waals surface area contributed by atoms with Gasteiger partial charge in [0.25, 0.3) is 0 Å². The zero-order chi connectivity index (χ0) is 27.4. The second-order valence-electron chi connectivity index (χ2n) is 10.5. The van der Waals surface area contributed by atoms with Crippen molar-refractivity contribution in [1.29, 1.82) is 0 Å². The second-order valence-corrected chi connectivity index (χ2v) is 10.5. The molecular formula is C30H60N4O3. The third-order valence-corrected chi connectivity index (χ3v) is 6.88. The highest BCUT2D eigenvalue weighted by Crippen LogP contribution is 2.15. The fourth-order valence-corrected chi connectivity index (χ4v) is 4.52. The van der Waals surface area contributed by atoms with Crippen molar-refractivity contribution >= 4 is 17.8 Å². The first-order valence-corrected chi connectivity index (χ1v) is 15.5. The summed E-state index contributed by atoms with van der Waals surface area (Å²) in [6.07, 6.45) is 23.9. The molecule has 7 nitrogen and oxygen atoms in total. The molecule has 37 heavy (non-hydrogen) atoms. The van der Waals surface area contributed by atoms with Gasteiger partial charge in [-0.2, -0.15) is 0 Å². The summed E-state index contributed by atoms with van der Waals surface area (Å²) in [5, 5.41) is 2.99. The van der Waals surface area contributed by atoms with Crippen LogP contribution in [-0.4, -0.2) is 37.5 Å². The van der Waals surface area contributed by atoms with Crippen molar-refractivity contribution in [3.63, 3.8) is 0 Å². The minimum absolute atomic E-state index is 0.0458. The molecule has 7 heteroatoms. The van der Waals surface area contributed by atoms with E-state index >= 15 is 0 Å². The number of amides is 1. The van der Waals surface area contributed by atoms with E-state index in [1.54, 1.807) is 0 Å². The molecule has 0 saturated heterocycles. The number of nitrogens with zero attached hydrogens (tertiary/aromatic N) is 1. The van der Waals surface area contributed by atoms with Gasteiger partial charge in [0.05, 0.1) is 13.0 Å². The van der Waals surface area contributed by atoms with Gasteiger partial charge >= 0.3 is 5.97 Å². The summed E-state index contributed by atoms with van der Waals surface area (Å²) in [5.74, 6) is -0.717. The fraction of sp³-hybridized carbons (Fsp3) is 0.900. The van der Waals surface area contributed by atoms with Gasteiger partial charge in [0.2, 0.25) is 5.91 Å². The van der Waals surface area contributed by atoms with Crippen LogP contribution < -0.4 is 16.8 Å². The molecule has 0 rings (SSSR count). The molecule has 0 bridgehead atoms. The van der Waals surface area contributed by atoms with Crippen LogP contribution in [0.25, 0.3) is 0 Å². The smallest absolute Gasteiger partial charge is 0.306 e. The molecule has 218 valence electrons. The first kappa shape index (κ1) is 35.2. The number of rotatable bonds is 27. The average Bonchev–Trinajstić information content (AvgIpc) is 2.87. The van der Waals surface area contributed by atoms with Gasteiger partial charge in [0.15, 0.2) is 5.96 Å². The highest BCUT2D eigenvalue weighted by Gasteiger charge is 2.22. The van der Waals surface area contributed by atoms with E-state index < -0.39 is 5.92 Å². The van der Waals surface area contributed by atoms with E-state index in [0.29, 0.717) is 32.5 Å². The highest BCUT2D eigenvalue weighted by atomic mass is 16.5. The second kappa shape index (κ2) is 27.3. The quantitative estimate of drug-likeness (QED) is 0.0474. The van der Waals surface area contributed by atoms with Crippen LogP contribution in [0.3, 0.4) is 0 Å². The maximum atomic E-state index is 12.6. The minimum atomic E-state index is -0.399. The predicted molar refractivity (Wildman–Crippen MR) is 156 cm³/mol. The molecule has 0 aliphatic rings. The molecule has 0 aromatic rings. The monoisotopic (exact) mass is 524 g/mol. The number of hydrogen-bond donors (Lipinski definition) is 3. The Bertz CT molecular complexity index is 565. The Morgan fingerprint density at radius 1 is 0.703 bits per heavy atom. The van der Waals surface area contributed by atoms with Crippen LogP contribution in [0.15, 0.2) is 4.99 Å². The van der Waals surface area contributed by atoms with Crippen molar-refractivity contribution in [2.75, 3.05) is 19.7 Å². The minimum Gasteiger partial charge on any atom is -0.466 e. The SMILES string of the molecule is CCCCCCCCCCCCCCCCOC(=O)C[C@@H](CCCN=C(N)N)C(=O)NCCCCCC. The summed E-state index contributed by atoms with van der Waals surface area (Å²) in [6, 6.07) is 0. The number of unbranched alkanes of at least 4 members (excludes halogenated alkanes) is 16. The molecule has 5 N–H and O–H groups in total. The van der Waals surface area contributed by atoms with Gasteiger partial charge in [-0.1, -0.05) is 117 Å². The van der Waals surface area contributed by atoms with E-state index in [1.807, 2.05) is 0 Å². The van der Waals surface area contributed by atoms with Crippen molar-refractivity contribution < 1.29 is 14.3 Å². The van der Waals surface area contributed by atoms with Crippen LogP contribution >= 0.6 is 0 Å². The summed E-state index contributed by atoms with van der Waals surface area (Å²) >= 11 is 0. The number of guanidine groups is 1. The fourth-order valence-electron chi connectivity index (χ4n) is 4.52. The van der Waals surface area contributed by atoms with E-state index in [4.69, 9.17) is 16.2 Å². The first-order chi connectivity index (χ1) is 18.0. The van der Waals surface area contributed by atoms with Crippen molar-refractivity contribution in [3.05, 3.63) is 0 Å². The first-order valence-electron chi connectivity index (χ1n) is 15.5. The lowest BCUT2D eigenvalue weighted by molar-refractivity contribution is -0.147. The van der Waals surface area contributed by atoms with Crippen LogP contribution in [0.4, 0.5) is 0 Å². The Kier molecular flexibility index (Phi) is 25.9. The molecule has 1 amide bonds. The maximum absolute atomic E-state index is 12.6. The molecule has 0 aliphatic heterocycles. The van der Waals surface area contributed by atoms with Gasteiger partial charge in [0.1, 0.15) is 0 Å². The molecule has 0 aromatic carbocycles. The van der Waals surface area contributed by atoms with Gasteiger partial charge in [-0.15, -0.1) is 0 Å². The number of carbonyl (C=O) groups is 2. The van der Waals surface area contributed by atoms with Gasteiger partial charge in [-0.05, 0) is 25.7 Å². The average molecular weight is 525 g/mol. The standard InChI is InChI=1S/C30H60N4O3/c1-3-5-7-9-10-11-12-13-14-15-16-17-18-20-25-37-28(35)26-27(22-21-24-34-30(31)32)29(36)33-23-19-8-6-4-2/h27H,3-26H2,1-2H3,(H,33,36)(H4,31,32,34)/t27-/m1/s1. The number of ether oxygens (including phenoxy) is 1. The van der Waals surface area contributed by atoms with E-state index in [1.165, 1.54) is 83.5 Å².